The molecule has 5 nitrogen and oxygen atoms in total. The number of aromatic nitrogens is 1. The van der Waals surface area contributed by atoms with Gasteiger partial charge >= 0.3 is 0 Å². The molecule has 0 spiro atoms. The number of hydrogen-bond donors (Lipinski definition) is 3. The summed E-state index contributed by atoms with van der Waals surface area (Å²) in [6.45, 7) is 0.132. The molecule has 0 radical (unpaired) electrons. The molecule has 1 heterocycles. The number of hydrogen-bond acceptors (Lipinski definition) is 3. The molecular weight excluding hydrogens is 312 g/mol. The average molecular weight is 327 g/mol. The lowest BCUT2D eigenvalue weighted by atomic mass is 10.2. The quantitative estimate of drug-likeness (QED) is 0.497. The third kappa shape index (κ3) is 3.90. The van der Waals surface area contributed by atoms with Gasteiger partial charge in [0.25, 0.3) is 5.91 Å². The van der Waals surface area contributed by atoms with Crippen molar-refractivity contribution in [3.8, 4) is 0 Å². The number of nitrogens with zero attached hydrogens (tertiary/aromatic N) is 1. The van der Waals surface area contributed by atoms with Gasteiger partial charge in [0.1, 0.15) is 0 Å². The molecule has 3 N–H and O–H groups in total. The highest BCUT2D eigenvalue weighted by Gasteiger charge is 2.01. The Bertz CT molecular complexity index is 839. The fourth-order valence-electron chi connectivity index (χ4n) is 2.16. The summed E-state index contributed by atoms with van der Waals surface area (Å²) in [5.41, 5.74) is 5.27. The van der Waals surface area contributed by atoms with E-state index < -0.39 is 0 Å². The molecule has 116 valence electrons. The molecule has 1 aromatic heterocycles. The number of rotatable bonds is 5. The molecule has 0 bridgehead atoms. The first-order chi connectivity index (χ1) is 11.2. The minimum absolute atomic E-state index is 0.132. The van der Waals surface area contributed by atoms with Gasteiger partial charge in [0.2, 0.25) is 0 Å². The fraction of sp³-hybridized carbons (Fsp3) is 0.0588. The van der Waals surface area contributed by atoms with Gasteiger partial charge in [-0.25, -0.2) is 5.43 Å². The van der Waals surface area contributed by atoms with Crippen LogP contribution in [0.15, 0.2) is 59.8 Å². The van der Waals surface area contributed by atoms with Crippen molar-refractivity contribution >= 4 is 40.3 Å². The number of benzene rings is 2. The third-order valence-corrected chi connectivity index (χ3v) is 3.56. The first kappa shape index (κ1) is 15.1. The number of amides is 1. The van der Waals surface area contributed by atoms with Crippen molar-refractivity contribution in [2.24, 2.45) is 5.10 Å². The van der Waals surface area contributed by atoms with Gasteiger partial charge in [-0.15, -0.1) is 0 Å². The topological polar surface area (TPSA) is 69.3 Å². The van der Waals surface area contributed by atoms with Crippen LogP contribution in [0.1, 0.15) is 5.56 Å². The van der Waals surface area contributed by atoms with Crippen LogP contribution in [0.4, 0.5) is 5.69 Å². The largest absolute Gasteiger partial charge is 0.376 e. The second-order valence-electron chi connectivity index (χ2n) is 4.94. The van der Waals surface area contributed by atoms with Crippen molar-refractivity contribution in [2.45, 2.75) is 0 Å². The number of carbonyl (C=O) groups excluding carboxylic acids is 1. The van der Waals surface area contributed by atoms with Gasteiger partial charge in [0, 0.05) is 33.4 Å². The molecule has 0 unspecified atom stereocenters. The van der Waals surface area contributed by atoms with Crippen LogP contribution in [0.3, 0.4) is 0 Å². The van der Waals surface area contributed by atoms with E-state index in [9.17, 15) is 4.79 Å². The summed E-state index contributed by atoms with van der Waals surface area (Å²) in [5, 5.41) is 8.69. The number of carbonyl (C=O) groups is 1. The van der Waals surface area contributed by atoms with E-state index in [1.165, 1.54) is 0 Å². The lowest BCUT2D eigenvalue weighted by molar-refractivity contribution is -0.119. The van der Waals surface area contributed by atoms with E-state index in [4.69, 9.17) is 11.6 Å². The normalized spacial score (nSPS) is 11.0. The van der Waals surface area contributed by atoms with Gasteiger partial charge in [-0.1, -0.05) is 29.8 Å². The molecule has 0 aliphatic carbocycles. The molecule has 0 saturated carbocycles. The van der Waals surface area contributed by atoms with Crippen molar-refractivity contribution in [3.05, 3.63) is 65.3 Å². The van der Waals surface area contributed by atoms with Crippen LogP contribution in [-0.2, 0) is 4.79 Å². The summed E-state index contributed by atoms with van der Waals surface area (Å²) in [6, 6.07) is 15.0. The van der Waals surface area contributed by atoms with E-state index in [0.717, 1.165) is 22.2 Å². The lowest BCUT2D eigenvalue weighted by Gasteiger charge is -2.04. The van der Waals surface area contributed by atoms with Crippen LogP contribution in [0.5, 0.6) is 0 Å². The van der Waals surface area contributed by atoms with Crippen molar-refractivity contribution in [1.29, 1.82) is 0 Å². The van der Waals surface area contributed by atoms with Crippen molar-refractivity contribution < 1.29 is 4.79 Å². The Morgan fingerprint density at radius 1 is 1.17 bits per heavy atom. The highest BCUT2D eigenvalue weighted by molar-refractivity contribution is 6.30. The van der Waals surface area contributed by atoms with Gasteiger partial charge in [0.15, 0.2) is 0 Å². The molecule has 23 heavy (non-hydrogen) atoms. The van der Waals surface area contributed by atoms with Crippen molar-refractivity contribution in [2.75, 3.05) is 11.9 Å². The van der Waals surface area contributed by atoms with Crippen molar-refractivity contribution in [1.82, 2.24) is 10.4 Å². The Morgan fingerprint density at radius 3 is 2.78 bits per heavy atom. The van der Waals surface area contributed by atoms with Gasteiger partial charge in [-0.3, -0.25) is 4.79 Å². The van der Waals surface area contributed by atoms with Gasteiger partial charge in [-0.05, 0) is 30.3 Å². The Hall–Kier alpha value is -2.79. The van der Waals surface area contributed by atoms with Crippen molar-refractivity contribution in [3.63, 3.8) is 0 Å². The lowest BCUT2D eigenvalue weighted by Crippen LogP contribution is -2.25. The number of anilines is 1. The minimum Gasteiger partial charge on any atom is -0.376 e. The van der Waals surface area contributed by atoms with Crippen LogP contribution in [0.25, 0.3) is 10.9 Å². The predicted octanol–water partition coefficient (Wildman–Crippen LogP) is 3.38. The van der Waals surface area contributed by atoms with E-state index in [0.29, 0.717) is 5.02 Å². The van der Waals surface area contributed by atoms with E-state index in [1.807, 2.05) is 42.6 Å². The van der Waals surface area contributed by atoms with E-state index >= 15 is 0 Å². The van der Waals surface area contributed by atoms with Crippen LogP contribution in [-0.4, -0.2) is 23.7 Å². The molecule has 0 saturated heterocycles. The number of aromatic amines is 1. The zero-order chi connectivity index (χ0) is 16.1. The Balaban J connectivity index is 1.53. The molecule has 0 fully saturated rings. The Kier molecular flexibility index (Phi) is 4.59. The number of para-hydroxylation sites is 1. The predicted molar refractivity (Wildman–Crippen MR) is 94.0 cm³/mol. The second-order valence-corrected chi connectivity index (χ2v) is 5.38. The average Bonchev–Trinajstić information content (AvgIpc) is 2.98. The van der Waals surface area contributed by atoms with Crippen LogP contribution >= 0.6 is 11.6 Å². The molecule has 0 aliphatic rings. The summed E-state index contributed by atoms with van der Waals surface area (Å²) in [5.74, 6) is -0.226. The SMILES string of the molecule is O=C(CNc1ccc(Cl)cc1)N/N=C\c1c[nH]c2ccccc12. The van der Waals surface area contributed by atoms with Gasteiger partial charge < -0.3 is 10.3 Å². The molecular formula is C17H15ClN4O. The smallest absolute Gasteiger partial charge is 0.259 e. The highest BCUT2D eigenvalue weighted by Crippen LogP contribution is 2.15. The molecule has 0 aliphatic heterocycles. The maximum atomic E-state index is 11.8. The highest BCUT2D eigenvalue weighted by atomic mass is 35.5. The number of halogens is 1. The maximum Gasteiger partial charge on any atom is 0.259 e. The monoisotopic (exact) mass is 326 g/mol. The Morgan fingerprint density at radius 2 is 1.96 bits per heavy atom. The standard InChI is InChI=1S/C17H15ClN4O/c18-13-5-7-14(8-6-13)19-11-17(23)22-21-10-12-9-20-16-4-2-1-3-15(12)16/h1-10,19-20H,11H2,(H,22,23)/b21-10-. The zero-order valence-corrected chi connectivity index (χ0v) is 13.0. The maximum absolute atomic E-state index is 11.8. The van der Waals surface area contributed by atoms with Crippen LogP contribution < -0.4 is 10.7 Å². The molecule has 3 aromatic rings. The summed E-state index contributed by atoms with van der Waals surface area (Å²) in [7, 11) is 0. The number of fused-ring (bicyclic) bond motifs is 1. The van der Waals surface area contributed by atoms with Crippen LogP contribution in [0, 0.1) is 0 Å². The molecule has 1 amide bonds. The number of hydrazone groups is 1. The van der Waals surface area contributed by atoms with E-state index in [1.54, 1.807) is 18.3 Å². The fourth-order valence-corrected chi connectivity index (χ4v) is 2.29. The molecule has 6 heteroatoms. The molecule has 3 rings (SSSR count). The van der Waals surface area contributed by atoms with Gasteiger partial charge in [-0.2, -0.15) is 5.10 Å². The van der Waals surface area contributed by atoms with Gasteiger partial charge in [0.05, 0.1) is 12.8 Å². The summed E-state index contributed by atoms with van der Waals surface area (Å²) in [4.78, 5) is 14.9. The minimum atomic E-state index is -0.226. The van der Waals surface area contributed by atoms with E-state index in [2.05, 4.69) is 20.8 Å². The summed E-state index contributed by atoms with van der Waals surface area (Å²) in [6.07, 6.45) is 3.48. The van der Waals surface area contributed by atoms with E-state index in [-0.39, 0.29) is 12.5 Å². The molecule has 0 atom stereocenters. The molecule has 2 aromatic carbocycles. The Labute approximate surface area is 138 Å². The first-order valence-corrected chi connectivity index (χ1v) is 7.47. The third-order valence-electron chi connectivity index (χ3n) is 3.31. The number of nitrogens with one attached hydrogen (secondary N) is 3. The number of H-pyrrole nitrogens is 1. The second kappa shape index (κ2) is 6.98. The van der Waals surface area contributed by atoms with Crippen LogP contribution in [0.2, 0.25) is 5.02 Å². The summed E-state index contributed by atoms with van der Waals surface area (Å²) >= 11 is 5.80. The first-order valence-electron chi connectivity index (χ1n) is 7.10. The zero-order valence-electron chi connectivity index (χ0n) is 12.2. The summed E-state index contributed by atoms with van der Waals surface area (Å²) < 4.78 is 0.